The summed E-state index contributed by atoms with van der Waals surface area (Å²) < 4.78 is 0. The normalized spacial score (nSPS) is 23.1. The van der Waals surface area contributed by atoms with Crippen LogP contribution in [0.1, 0.15) is 30.7 Å². The minimum atomic E-state index is 0.139. The second-order valence-corrected chi connectivity index (χ2v) is 4.92. The second kappa shape index (κ2) is 4.30. The van der Waals surface area contributed by atoms with Crippen LogP contribution in [-0.2, 0) is 4.79 Å². The molecule has 1 heterocycles. The van der Waals surface area contributed by atoms with Crippen molar-refractivity contribution in [3.05, 3.63) is 41.4 Å². The van der Waals surface area contributed by atoms with Gasteiger partial charge >= 0.3 is 0 Å². The van der Waals surface area contributed by atoms with Crippen molar-refractivity contribution in [1.29, 1.82) is 0 Å². The van der Waals surface area contributed by atoms with E-state index < -0.39 is 0 Å². The van der Waals surface area contributed by atoms with Crippen molar-refractivity contribution in [3.63, 3.8) is 0 Å². The highest BCUT2D eigenvalue weighted by Gasteiger charge is 2.29. The first-order chi connectivity index (χ1) is 8.83. The summed E-state index contributed by atoms with van der Waals surface area (Å²) in [5.41, 5.74) is 2.91. The fourth-order valence-electron chi connectivity index (χ4n) is 3.04. The van der Waals surface area contributed by atoms with Crippen molar-refractivity contribution in [3.8, 4) is 0 Å². The van der Waals surface area contributed by atoms with Crippen LogP contribution in [0.2, 0.25) is 0 Å². The van der Waals surface area contributed by atoms with Crippen molar-refractivity contribution in [2.24, 2.45) is 5.92 Å². The molecule has 1 aliphatic rings. The number of hydrogen-bond acceptors (Lipinski definition) is 1. The Morgan fingerprint density at radius 3 is 3.06 bits per heavy atom. The van der Waals surface area contributed by atoms with E-state index in [1.54, 1.807) is 0 Å². The van der Waals surface area contributed by atoms with Crippen molar-refractivity contribution in [2.75, 3.05) is 0 Å². The number of rotatable bonds is 2. The van der Waals surface area contributed by atoms with Gasteiger partial charge in [0.15, 0.2) is 5.69 Å². The number of aromatic nitrogens is 1. The quantitative estimate of drug-likeness (QED) is 0.627. The molecule has 0 bridgehead atoms. The Bertz CT molecular complexity index is 635. The number of hydrogen-bond donors (Lipinski definition) is 1. The zero-order chi connectivity index (χ0) is 12.5. The summed E-state index contributed by atoms with van der Waals surface area (Å²) in [5, 5.41) is 1.10. The molecule has 0 amide bonds. The highest BCUT2D eigenvalue weighted by Crippen LogP contribution is 2.41. The Balaban J connectivity index is 2.11. The minimum absolute atomic E-state index is 0.139. The lowest BCUT2D eigenvalue weighted by Crippen LogP contribution is -2.06. The molecule has 0 aliphatic heterocycles. The van der Waals surface area contributed by atoms with Crippen LogP contribution in [0.4, 0.5) is 5.69 Å². The fraction of sp³-hybridized carbons (Fsp3) is 0.333. The highest BCUT2D eigenvalue weighted by atomic mass is 16.1. The van der Waals surface area contributed by atoms with Crippen LogP contribution in [0, 0.1) is 12.5 Å². The first-order valence-electron chi connectivity index (χ1n) is 6.27. The lowest BCUT2D eigenvalue weighted by molar-refractivity contribution is -0.111. The zero-order valence-corrected chi connectivity index (χ0v) is 10.0. The van der Waals surface area contributed by atoms with Gasteiger partial charge in [-0.05, 0) is 41.8 Å². The number of aldehydes is 1. The Hall–Kier alpha value is -2.08. The Labute approximate surface area is 106 Å². The predicted octanol–water partition coefficient (Wildman–Crippen LogP) is 3.80. The molecule has 90 valence electrons. The number of H-pyrrole nitrogens is 1. The summed E-state index contributed by atoms with van der Waals surface area (Å²) in [6, 6.07) is 5.69. The highest BCUT2D eigenvalue weighted by molar-refractivity contribution is 5.87. The van der Waals surface area contributed by atoms with Crippen LogP contribution in [0.5, 0.6) is 0 Å². The smallest absolute Gasteiger partial charge is 0.187 e. The Morgan fingerprint density at radius 1 is 1.39 bits per heavy atom. The van der Waals surface area contributed by atoms with Crippen LogP contribution < -0.4 is 0 Å². The van der Waals surface area contributed by atoms with E-state index in [4.69, 9.17) is 6.57 Å². The maximum Gasteiger partial charge on any atom is 0.187 e. The average molecular weight is 238 g/mol. The molecule has 1 aromatic heterocycles. The zero-order valence-electron chi connectivity index (χ0n) is 10.0. The van der Waals surface area contributed by atoms with E-state index in [9.17, 15) is 4.79 Å². The lowest BCUT2D eigenvalue weighted by atomic mass is 9.89. The first kappa shape index (κ1) is 11.0. The van der Waals surface area contributed by atoms with E-state index in [-0.39, 0.29) is 5.92 Å². The molecule has 1 aliphatic carbocycles. The molecule has 18 heavy (non-hydrogen) atoms. The van der Waals surface area contributed by atoms with Gasteiger partial charge in [0, 0.05) is 17.6 Å². The average Bonchev–Trinajstić information content (AvgIpc) is 3.03. The molecule has 1 fully saturated rings. The van der Waals surface area contributed by atoms with E-state index in [1.165, 1.54) is 5.56 Å². The second-order valence-electron chi connectivity index (χ2n) is 4.92. The maximum atomic E-state index is 11.1. The molecular formula is C15H14N2O. The van der Waals surface area contributed by atoms with Gasteiger partial charge in [-0.2, -0.15) is 0 Å². The number of benzene rings is 1. The molecule has 1 N–H and O–H groups in total. The molecular weight excluding hydrogens is 224 g/mol. The summed E-state index contributed by atoms with van der Waals surface area (Å²) in [7, 11) is 0. The SMILES string of the molecule is [C-]#[N+]c1ccc2[nH]cc([C@H]3CCC[C@@H]3C=O)c2c1. The van der Waals surface area contributed by atoms with E-state index in [0.29, 0.717) is 11.6 Å². The van der Waals surface area contributed by atoms with Crippen LogP contribution in [0.15, 0.2) is 24.4 Å². The minimum Gasteiger partial charge on any atom is -0.361 e. The molecule has 3 rings (SSSR count). The third kappa shape index (κ3) is 1.62. The van der Waals surface area contributed by atoms with Gasteiger partial charge in [0.25, 0.3) is 0 Å². The summed E-state index contributed by atoms with van der Waals surface area (Å²) >= 11 is 0. The Kier molecular flexibility index (Phi) is 2.64. The fourth-order valence-corrected chi connectivity index (χ4v) is 3.04. The van der Waals surface area contributed by atoms with E-state index in [1.807, 2.05) is 24.4 Å². The molecule has 1 aromatic carbocycles. The van der Waals surface area contributed by atoms with Crippen molar-refractivity contribution < 1.29 is 4.79 Å². The van der Waals surface area contributed by atoms with Gasteiger partial charge in [-0.1, -0.05) is 12.5 Å². The van der Waals surface area contributed by atoms with Gasteiger partial charge in [0.2, 0.25) is 0 Å². The van der Waals surface area contributed by atoms with Gasteiger partial charge in [-0.25, -0.2) is 4.85 Å². The number of aromatic amines is 1. The first-order valence-corrected chi connectivity index (χ1v) is 6.27. The van der Waals surface area contributed by atoms with E-state index >= 15 is 0 Å². The van der Waals surface area contributed by atoms with Gasteiger partial charge in [-0.15, -0.1) is 0 Å². The summed E-state index contributed by atoms with van der Waals surface area (Å²) in [6.45, 7) is 7.09. The molecule has 2 aromatic rings. The third-order valence-corrected chi connectivity index (χ3v) is 3.97. The standard InChI is InChI=1S/C15H14N2O/c1-16-11-5-6-15-13(7-11)14(8-17-15)12-4-2-3-10(12)9-18/h5-10,12,17H,2-4H2/t10-,12+/m1/s1. The number of carbonyl (C=O) groups is 1. The van der Waals surface area contributed by atoms with Crippen molar-refractivity contribution >= 4 is 22.9 Å². The Morgan fingerprint density at radius 2 is 2.28 bits per heavy atom. The van der Waals surface area contributed by atoms with Crippen molar-refractivity contribution in [1.82, 2.24) is 4.98 Å². The molecule has 3 nitrogen and oxygen atoms in total. The van der Waals surface area contributed by atoms with Crippen LogP contribution in [-0.4, -0.2) is 11.3 Å². The largest absolute Gasteiger partial charge is 0.361 e. The summed E-state index contributed by atoms with van der Waals surface area (Å²) in [4.78, 5) is 17.8. The van der Waals surface area contributed by atoms with Gasteiger partial charge in [0.1, 0.15) is 6.29 Å². The summed E-state index contributed by atoms with van der Waals surface area (Å²) in [5.74, 6) is 0.456. The van der Waals surface area contributed by atoms with Crippen LogP contribution in [0.25, 0.3) is 15.7 Å². The van der Waals surface area contributed by atoms with Gasteiger partial charge in [0.05, 0.1) is 6.57 Å². The summed E-state index contributed by atoms with van der Waals surface area (Å²) in [6.07, 6.45) is 6.27. The van der Waals surface area contributed by atoms with Crippen molar-refractivity contribution in [2.45, 2.75) is 25.2 Å². The molecule has 0 radical (unpaired) electrons. The number of carbonyl (C=O) groups excluding carboxylic acids is 1. The maximum absolute atomic E-state index is 11.1. The van der Waals surface area contributed by atoms with Gasteiger partial charge < -0.3 is 9.78 Å². The van der Waals surface area contributed by atoms with Crippen LogP contribution >= 0.6 is 0 Å². The van der Waals surface area contributed by atoms with E-state index in [2.05, 4.69) is 9.83 Å². The molecule has 0 saturated heterocycles. The topological polar surface area (TPSA) is 37.2 Å². The number of nitrogens with zero attached hydrogens (tertiary/aromatic N) is 1. The molecule has 0 unspecified atom stereocenters. The lowest BCUT2D eigenvalue weighted by Gasteiger charge is -2.13. The molecule has 0 spiro atoms. The molecule has 1 saturated carbocycles. The monoisotopic (exact) mass is 238 g/mol. The van der Waals surface area contributed by atoms with Gasteiger partial charge in [-0.3, -0.25) is 0 Å². The van der Waals surface area contributed by atoms with E-state index in [0.717, 1.165) is 36.5 Å². The third-order valence-electron chi connectivity index (χ3n) is 3.97. The number of fused-ring (bicyclic) bond motifs is 1. The molecule has 3 heteroatoms. The number of nitrogens with one attached hydrogen (secondary N) is 1. The van der Waals surface area contributed by atoms with Crippen LogP contribution in [0.3, 0.4) is 0 Å². The molecule has 2 atom stereocenters. The predicted molar refractivity (Wildman–Crippen MR) is 70.7 cm³/mol.